The number of aromatic nitrogens is 1. The molecule has 1 amide bonds. The van der Waals surface area contributed by atoms with Gasteiger partial charge in [0.1, 0.15) is 5.56 Å². The van der Waals surface area contributed by atoms with Crippen LogP contribution in [0.4, 0.5) is 11.4 Å². The number of hydrogen-bond donors (Lipinski definition) is 1. The topological polar surface area (TPSA) is 121 Å². The van der Waals surface area contributed by atoms with Crippen molar-refractivity contribution in [1.29, 1.82) is 0 Å². The van der Waals surface area contributed by atoms with Crippen molar-refractivity contribution in [2.75, 3.05) is 18.5 Å². The van der Waals surface area contributed by atoms with Crippen molar-refractivity contribution < 1.29 is 24.0 Å². The Balaban J connectivity index is 2.00. The Morgan fingerprint density at radius 2 is 2.12 bits per heavy atom. The van der Waals surface area contributed by atoms with Crippen LogP contribution in [0.25, 0.3) is 0 Å². The molecule has 26 heavy (non-hydrogen) atoms. The lowest BCUT2D eigenvalue weighted by Crippen LogP contribution is -2.21. The zero-order valence-corrected chi connectivity index (χ0v) is 14.4. The van der Waals surface area contributed by atoms with Gasteiger partial charge in [-0.2, -0.15) is 0 Å². The van der Waals surface area contributed by atoms with E-state index in [0.29, 0.717) is 6.61 Å². The zero-order valence-electron chi connectivity index (χ0n) is 13.6. The summed E-state index contributed by atoms with van der Waals surface area (Å²) in [4.78, 5) is 38.1. The number of anilines is 1. The molecule has 1 N–H and O–H groups in total. The van der Waals surface area contributed by atoms with E-state index >= 15 is 0 Å². The summed E-state index contributed by atoms with van der Waals surface area (Å²) < 4.78 is 10.1. The van der Waals surface area contributed by atoms with Gasteiger partial charge < -0.3 is 14.8 Å². The van der Waals surface area contributed by atoms with Crippen LogP contribution in [-0.4, -0.2) is 35.0 Å². The number of nitro groups is 1. The molecule has 0 atom stereocenters. The first-order valence-corrected chi connectivity index (χ1v) is 7.79. The monoisotopic (exact) mass is 379 g/mol. The quantitative estimate of drug-likeness (QED) is 0.446. The number of carbonyl (C=O) groups is 2. The van der Waals surface area contributed by atoms with E-state index in [2.05, 4.69) is 10.3 Å². The number of esters is 1. The molecular formula is C16H14ClN3O6. The second kappa shape index (κ2) is 8.77. The van der Waals surface area contributed by atoms with Crippen LogP contribution in [0.15, 0.2) is 36.5 Å². The summed E-state index contributed by atoms with van der Waals surface area (Å²) in [6, 6.07) is 6.58. The van der Waals surface area contributed by atoms with E-state index in [0.717, 1.165) is 6.07 Å². The third kappa shape index (κ3) is 4.90. The molecule has 2 aromatic rings. The van der Waals surface area contributed by atoms with Crippen molar-refractivity contribution in [2.24, 2.45) is 0 Å². The number of nitrogens with one attached hydrogen (secondary N) is 1. The maximum absolute atomic E-state index is 12.1. The fraction of sp³-hybridized carbons (Fsp3) is 0.188. The highest BCUT2D eigenvalue weighted by Gasteiger charge is 2.17. The molecule has 9 nitrogen and oxygen atoms in total. The summed E-state index contributed by atoms with van der Waals surface area (Å²) in [5.41, 5.74) is -0.118. The van der Waals surface area contributed by atoms with Crippen LogP contribution in [0.3, 0.4) is 0 Å². The molecule has 0 fully saturated rings. The van der Waals surface area contributed by atoms with Gasteiger partial charge >= 0.3 is 5.97 Å². The molecule has 1 heterocycles. The van der Waals surface area contributed by atoms with Crippen LogP contribution in [-0.2, 0) is 9.53 Å². The van der Waals surface area contributed by atoms with Gasteiger partial charge in [0.25, 0.3) is 11.6 Å². The number of hydrogen-bond acceptors (Lipinski definition) is 7. The Morgan fingerprint density at radius 1 is 1.35 bits per heavy atom. The van der Waals surface area contributed by atoms with Gasteiger partial charge in [0.05, 0.1) is 22.2 Å². The van der Waals surface area contributed by atoms with Crippen molar-refractivity contribution in [3.05, 3.63) is 57.2 Å². The van der Waals surface area contributed by atoms with Crippen molar-refractivity contribution in [1.82, 2.24) is 4.98 Å². The van der Waals surface area contributed by atoms with E-state index in [-0.39, 0.29) is 27.8 Å². The van der Waals surface area contributed by atoms with Crippen LogP contribution in [0.5, 0.6) is 5.88 Å². The summed E-state index contributed by atoms with van der Waals surface area (Å²) in [5.74, 6) is -1.40. The van der Waals surface area contributed by atoms with Gasteiger partial charge in [0.15, 0.2) is 6.61 Å². The number of carbonyl (C=O) groups excluding carboxylic acids is 2. The Morgan fingerprint density at radius 3 is 2.81 bits per heavy atom. The third-order valence-corrected chi connectivity index (χ3v) is 3.37. The molecule has 2 rings (SSSR count). The molecule has 0 radical (unpaired) electrons. The minimum absolute atomic E-state index is 0.0401. The summed E-state index contributed by atoms with van der Waals surface area (Å²) in [6.45, 7) is 1.43. The average Bonchev–Trinajstić information content (AvgIpc) is 2.62. The lowest BCUT2D eigenvalue weighted by molar-refractivity contribution is -0.384. The largest absolute Gasteiger partial charge is 0.477 e. The maximum atomic E-state index is 12.1. The molecule has 1 aromatic heterocycles. The van der Waals surface area contributed by atoms with E-state index in [1.54, 1.807) is 6.92 Å². The first kappa shape index (κ1) is 19.1. The minimum Gasteiger partial charge on any atom is -0.477 e. The SMILES string of the molecule is CCOc1ncccc1C(=O)OCC(=O)Nc1cc([N+](=O)[O-])ccc1Cl. The number of pyridine rings is 1. The van der Waals surface area contributed by atoms with Gasteiger partial charge in [-0.25, -0.2) is 9.78 Å². The summed E-state index contributed by atoms with van der Waals surface area (Å²) in [7, 11) is 0. The smallest absolute Gasteiger partial charge is 0.344 e. The lowest BCUT2D eigenvalue weighted by atomic mass is 10.2. The second-order valence-corrected chi connectivity index (χ2v) is 5.24. The standard InChI is InChI=1S/C16H14ClN3O6/c1-2-25-15-11(4-3-7-18-15)16(22)26-9-14(21)19-13-8-10(20(23)24)5-6-12(13)17/h3-8H,2,9H2,1H3,(H,19,21). The van der Waals surface area contributed by atoms with Crippen LogP contribution < -0.4 is 10.1 Å². The van der Waals surface area contributed by atoms with E-state index in [4.69, 9.17) is 21.1 Å². The molecule has 0 aliphatic rings. The van der Waals surface area contributed by atoms with Crippen molar-refractivity contribution in [2.45, 2.75) is 6.92 Å². The van der Waals surface area contributed by atoms with Crippen LogP contribution in [0, 0.1) is 10.1 Å². The highest BCUT2D eigenvalue weighted by atomic mass is 35.5. The van der Waals surface area contributed by atoms with Gasteiger partial charge in [-0.15, -0.1) is 0 Å². The van der Waals surface area contributed by atoms with Crippen molar-refractivity contribution in [3.63, 3.8) is 0 Å². The average molecular weight is 380 g/mol. The molecule has 136 valence electrons. The van der Waals surface area contributed by atoms with E-state index in [9.17, 15) is 19.7 Å². The van der Waals surface area contributed by atoms with Gasteiger partial charge in [-0.3, -0.25) is 14.9 Å². The van der Waals surface area contributed by atoms with Gasteiger partial charge in [-0.05, 0) is 25.1 Å². The number of nitro benzene ring substituents is 1. The molecular weight excluding hydrogens is 366 g/mol. The summed E-state index contributed by atoms with van der Waals surface area (Å²) in [5, 5.41) is 13.2. The number of amides is 1. The Hall–Kier alpha value is -3.20. The first-order chi connectivity index (χ1) is 12.4. The van der Waals surface area contributed by atoms with E-state index < -0.39 is 23.4 Å². The van der Waals surface area contributed by atoms with Crippen LogP contribution >= 0.6 is 11.6 Å². The molecule has 0 aliphatic carbocycles. The molecule has 0 spiro atoms. The number of nitrogens with zero attached hydrogens (tertiary/aromatic N) is 2. The van der Waals surface area contributed by atoms with Gasteiger partial charge in [0, 0.05) is 18.3 Å². The number of halogens is 1. The van der Waals surface area contributed by atoms with Crippen molar-refractivity contribution >= 4 is 34.9 Å². The normalized spacial score (nSPS) is 10.1. The molecule has 0 saturated heterocycles. The molecule has 10 heteroatoms. The van der Waals surface area contributed by atoms with Crippen LogP contribution in [0.2, 0.25) is 5.02 Å². The van der Waals surface area contributed by atoms with Gasteiger partial charge in [-0.1, -0.05) is 11.6 Å². The third-order valence-electron chi connectivity index (χ3n) is 3.04. The predicted octanol–water partition coefficient (Wildman–Crippen LogP) is 2.84. The van der Waals surface area contributed by atoms with E-state index in [1.165, 1.54) is 30.5 Å². The fourth-order valence-electron chi connectivity index (χ4n) is 1.92. The number of ether oxygens (including phenoxy) is 2. The Kier molecular flexibility index (Phi) is 6.45. The lowest BCUT2D eigenvalue weighted by Gasteiger charge is -2.10. The molecule has 0 bridgehead atoms. The van der Waals surface area contributed by atoms with Gasteiger partial charge in [0.2, 0.25) is 5.88 Å². The molecule has 1 aromatic carbocycles. The summed E-state index contributed by atoms with van der Waals surface area (Å²) in [6.07, 6.45) is 1.46. The molecule has 0 unspecified atom stereocenters. The Bertz CT molecular complexity index is 842. The highest BCUT2D eigenvalue weighted by molar-refractivity contribution is 6.33. The summed E-state index contributed by atoms with van der Waals surface area (Å²) >= 11 is 5.89. The molecule has 0 saturated carbocycles. The highest BCUT2D eigenvalue weighted by Crippen LogP contribution is 2.26. The second-order valence-electron chi connectivity index (χ2n) is 4.83. The van der Waals surface area contributed by atoms with Crippen LogP contribution in [0.1, 0.15) is 17.3 Å². The van der Waals surface area contributed by atoms with E-state index in [1.807, 2.05) is 0 Å². The maximum Gasteiger partial charge on any atom is 0.344 e. The number of benzene rings is 1. The first-order valence-electron chi connectivity index (χ1n) is 7.41. The number of rotatable bonds is 7. The number of non-ortho nitro benzene ring substituents is 1. The predicted molar refractivity (Wildman–Crippen MR) is 92.4 cm³/mol. The van der Waals surface area contributed by atoms with Crippen molar-refractivity contribution in [3.8, 4) is 5.88 Å². The minimum atomic E-state index is -0.790. The Labute approximate surface area is 153 Å². The zero-order chi connectivity index (χ0) is 19.1. The molecule has 0 aliphatic heterocycles. The fourth-order valence-corrected chi connectivity index (χ4v) is 2.08.